The highest BCUT2D eigenvalue weighted by Gasteiger charge is 2.26. The number of nitrogens with zero attached hydrogens (tertiary/aromatic N) is 7. The van der Waals surface area contributed by atoms with Gasteiger partial charge in [0.2, 0.25) is 0 Å². The molecule has 6 rings (SSSR count). The Kier molecular flexibility index (Phi) is 11.8. The van der Waals surface area contributed by atoms with Gasteiger partial charge in [0.1, 0.15) is 5.60 Å². The van der Waals surface area contributed by atoms with E-state index in [4.69, 9.17) is 4.74 Å². The van der Waals surface area contributed by atoms with Gasteiger partial charge in [-0.25, -0.2) is 33.5 Å². The minimum absolute atomic E-state index is 0. The Balaban J connectivity index is 0.000000213. The third kappa shape index (κ3) is 9.54. The van der Waals surface area contributed by atoms with Crippen molar-refractivity contribution in [3.05, 3.63) is 85.0 Å². The van der Waals surface area contributed by atoms with Crippen molar-refractivity contribution in [2.45, 2.75) is 26.4 Å². The number of carbonyl (C=O) groups excluding carboxylic acids is 1. The first-order valence-electron chi connectivity index (χ1n) is 15.0. The van der Waals surface area contributed by atoms with Crippen LogP contribution in [0.5, 0.6) is 0 Å². The number of hydrogen-bond acceptors (Lipinski definition) is 9. The van der Waals surface area contributed by atoms with Crippen LogP contribution in [0.4, 0.5) is 25.0 Å². The molecule has 244 valence electrons. The van der Waals surface area contributed by atoms with Gasteiger partial charge in [-0.15, -0.1) is 12.4 Å². The normalized spacial score (nSPS) is 14.9. The summed E-state index contributed by atoms with van der Waals surface area (Å²) in [6.45, 7) is 12.4. The molecule has 46 heavy (non-hydrogen) atoms. The van der Waals surface area contributed by atoms with E-state index in [1.165, 1.54) is 18.1 Å². The fourth-order valence-corrected chi connectivity index (χ4v) is 4.96. The summed E-state index contributed by atoms with van der Waals surface area (Å²) in [7, 11) is 0. The van der Waals surface area contributed by atoms with Gasteiger partial charge < -0.3 is 24.8 Å². The average molecular weight is 653 g/mol. The monoisotopic (exact) mass is 652 g/mol. The summed E-state index contributed by atoms with van der Waals surface area (Å²) in [6.07, 6.45) is 4.43. The Hall–Kier alpha value is -4.42. The van der Waals surface area contributed by atoms with Gasteiger partial charge in [0, 0.05) is 74.9 Å². The first-order valence-corrected chi connectivity index (χ1v) is 15.0. The van der Waals surface area contributed by atoms with Gasteiger partial charge in [-0.2, -0.15) is 0 Å². The Labute approximate surface area is 274 Å². The van der Waals surface area contributed by atoms with E-state index in [-0.39, 0.29) is 18.5 Å². The lowest BCUT2D eigenvalue weighted by Gasteiger charge is -2.36. The molecule has 2 aromatic carbocycles. The summed E-state index contributed by atoms with van der Waals surface area (Å²) in [5, 5.41) is 3.33. The Morgan fingerprint density at radius 1 is 0.674 bits per heavy atom. The maximum Gasteiger partial charge on any atom is 0.410 e. The van der Waals surface area contributed by atoms with E-state index in [1.54, 1.807) is 4.90 Å². The highest BCUT2D eigenvalue weighted by molar-refractivity contribution is 5.85. The predicted molar refractivity (Wildman–Crippen MR) is 177 cm³/mol. The molecule has 2 aliphatic rings. The van der Waals surface area contributed by atoms with E-state index in [1.807, 2.05) is 57.2 Å². The standard InChI is InChI=1S/C19H23FN4O2.C14H15FN4.ClH/c1-19(2,3)26-18(25)24-10-8-23(9-11-24)16-6-4-14(5-7-16)17-21-12-15(20)13-22-17;15-12-9-17-14(18-10-12)11-1-3-13(4-2-11)19-7-5-16-6-8-19;/h4-7,12-13H,8-11H2,1-3H3;1-4,9-10,16H,5-8H2;1H. The van der Waals surface area contributed by atoms with Crippen molar-refractivity contribution < 1.29 is 18.3 Å². The molecule has 2 fully saturated rings. The molecule has 2 aromatic heterocycles. The van der Waals surface area contributed by atoms with Crippen LogP contribution in [0.2, 0.25) is 0 Å². The molecule has 2 saturated heterocycles. The number of piperazine rings is 2. The fraction of sp³-hybridized carbons (Fsp3) is 0.364. The van der Waals surface area contributed by atoms with Gasteiger partial charge in [0.15, 0.2) is 23.3 Å². The van der Waals surface area contributed by atoms with Gasteiger partial charge >= 0.3 is 6.09 Å². The van der Waals surface area contributed by atoms with Crippen LogP contribution in [0.15, 0.2) is 73.3 Å². The number of nitrogens with one attached hydrogen (secondary N) is 1. The maximum atomic E-state index is 12.9. The van der Waals surface area contributed by atoms with Gasteiger partial charge in [-0.1, -0.05) is 0 Å². The van der Waals surface area contributed by atoms with Crippen molar-refractivity contribution in [1.82, 2.24) is 30.2 Å². The van der Waals surface area contributed by atoms with Crippen molar-refractivity contribution in [2.24, 2.45) is 0 Å². The summed E-state index contributed by atoms with van der Waals surface area (Å²) in [6, 6.07) is 15.9. The summed E-state index contributed by atoms with van der Waals surface area (Å²) in [5.74, 6) is 0.176. The van der Waals surface area contributed by atoms with Gasteiger partial charge in [0.05, 0.1) is 24.8 Å². The predicted octanol–water partition coefficient (Wildman–Crippen LogP) is 5.45. The SMILES string of the molecule is CC(C)(C)OC(=O)N1CCN(c2ccc(-c3ncc(F)cn3)cc2)CC1.Cl.Fc1cnc(-c2ccc(N3CCNCC3)cc2)nc1. The summed E-state index contributed by atoms with van der Waals surface area (Å²) in [5.41, 5.74) is 3.53. The minimum Gasteiger partial charge on any atom is -0.444 e. The molecule has 1 N–H and O–H groups in total. The summed E-state index contributed by atoms with van der Waals surface area (Å²) >= 11 is 0. The Morgan fingerprint density at radius 3 is 1.46 bits per heavy atom. The van der Waals surface area contributed by atoms with E-state index in [9.17, 15) is 13.6 Å². The topological polar surface area (TPSA) is 99.6 Å². The number of aromatic nitrogens is 4. The van der Waals surface area contributed by atoms with Gasteiger partial charge in [-0.3, -0.25) is 0 Å². The molecule has 0 radical (unpaired) electrons. The maximum absolute atomic E-state index is 12.9. The number of benzene rings is 2. The minimum atomic E-state index is -0.480. The zero-order valence-corrected chi connectivity index (χ0v) is 27.0. The summed E-state index contributed by atoms with van der Waals surface area (Å²) in [4.78, 5) is 34.4. The van der Waals surface area contributed by atoms with Crippen LogP contribution in [-0.2, 0) is 4.74 Å². The third-order valence-corrected chi connectivity index (χ3v) is 7.27. The van der Waals surface area contributed by atoms with Crippen molar-refractivity contribution in [3.63, 3.8) is 0 Å². The molecule has 0 unspecified atom stereocenters. The zero-order valence-electron chi connectivity index (χ0n) is 26.2. The number of hydrogen-bond donors (Lipinski definition) is 1. The number of amides is 1. The smallest absolute Gasteiger partial charge is 0.410 e. The quantitative estimate of drug-likeness (QED) is 0.308. The molecule has 10 nitrogen and oxygen atoms in total. The number of anilines is 2. The van der Waals surface area contributed by atoms with Crippen molar-refractivity contribution in [2.75, 3.05) is 62.2 Å². The van der Waals surface area contributed by atoms with Crippen LogP contribution >= 0.6 is 12.4 Å². The van der Waals surface area contributed by atoms with Crippen LogP contribution in [0, 0.1) is 11.6 Å². The van der Waals surface area contributed by atoms with E-state index in [2.05, 4.69) is 47.2 Å². The lowest BCUT2D eigenvalue weighted by Crippen LogP contribution is -2.50. The molecular weight excluding hydrogens is 614 g/mol. The van der Waals surface area contributed by atoms with Gasteiger partial charge in [0.25, 0.3) is 0 Å². The lowest BCUT2D eigenvalue weighted by molar-refractivity contribution is 0.0240. The van der Waals surface area contributed by atoms with Crippen LogP contribution in [0.25, 0.3) is 22.8 Å². The largest absolute Gasteiger partial charge is 0.444 e. The molecule has 13 heteroatoms. The van der Waals surface area contributed by atoms with E-state index in [0.717, 1.165) is 68.5 Å². The van der Waals surface area contributed by atoms with Crippen molar-refractivity contribution in [3.8, 4) is 22.8 Å². The molecule has 0 aliphatic carbocycles. The van der Waals surface area contributed by atoms with Crippen LogP contribution in [0.3, 0.4) is 0 Å². The van der Waals surface area contributed by atoms with Crippen molar-refractivity contribution in [1.29, 1.82) is 0 Å². The Morgan fingerprint density at radius 2 is 1.07 bits per heavy atom. The van der Waals surface area contributed by atoms with Crippen LogP contribution < -0.4 is 15.1 Å². The summed E-state index contributed by atoms with van der Waals surface area (Å²) < 4.78 is 31.1. The molecule has 4 aromatic rings. The molecule has 0 bridgehead atoms. The fourth-order valence-electron chi connectivity index (χ4n) is 4.96. The molecule has 1 amide bonds. The molecule has 0 spiro atoms. The lowest BCUT2D eigenvalue weighted by atomic mass is 10.1. The van der Waals surface area contributed by atoms with Crippen LogP contribution in [0.1, 0.15) is 20.8 Å². The number of halogens is 3. The number of rotatable bonds is 4. The van der Waals surface area contributed by atoms with Crippen LogP contribution in [-0.4, -0.2) is 88.9 Å². The second kappa shape index (κ2) is 15.7. The number of ether oxygens (including phenoxy) is 1. The molecule has 4 heterocycles. The van der Waals surface area contributed by atoms with Crippen molar-refractivity contribution >= 4 is 29.9 Å². The number of carbonyl (C=O) groups is 1. The zero-order chi connectivity index (χ0) is 31.8. The van der Waals surface area contributed by atoms with E-state index < -0.39 is 17.2 Å². The van der Waals surface area contributed by atoms with E-state index >= 15 is 0 Å². The molecule has 0 atom stereocenters. The molecular formula is C33H39ClF2N8O2. The third-order valence-electron chi connectivity index (χ3n) is 7.27. The second-order valence-corrected chi connectivity index (χ2v) is 11.7. The van der Waals surface area contributed by atoms with Gasteiger partial charge in [-0.05, 0) is 69.3 Å². The van der Waals surface area contributed by atoms with E-state index in [0.29, 0.717) is 24.7 Å². The first-order chi connectivity index (χ1) is 21.6. The highest BCUT2D eigenvalue weighted by atomic mass is 35.5. The molecule has 0 saturated carbocycles. The second-order valence-electron chi connectivity index (χ2n) is 11.7. The Bertz CT molecular complexity index is 1520. The first kappa shape index (κ1) is 34.5. The average Bonchev–Trinajstić information content (AvgIpc) is 3.06. The highest BCUT2D eigenvalue weighted by Crippen LogP contribution is 2.23. The molecule has 2 aliphatic heterocycles.